The van der Waals surface area contributed by atoms with E-state index in [0.29, 0.717) is 29.7 Å². The van der Waals surface area contributed by atoms with Gasteiger partial charge in [-0.25, -0.2) is 4.98 Å². The lowest BCUT2D eigenvalue weighted by atomic mass is 10.1. The number of aromatic nitrogens is 2. The molecule has 0 spiro atoms. The maximum Gasteiger partial charge on any atom is 0.167 e. The Balaban J connectivity index is 1.37. The number of H-pyrrole nitrogens is 1. The van der Waals surface area contributed by atoms with E-state index in [1.807, 2.05) is 54.6 Å². The number of aryl methyl sites for hydroxylation is 1. The number of imidazole rings is 1. The second-order valence-corrected chi connectivity index (χ2v) is 8.68. The van der Waals surface area contributed by atoms with Crippen LogP contribution in [-0.2, 0) is 19.6 Å². The predicted octanol–water partition coefficient (Wildman–Crippen LogP) is 6.29. The molecular formula is C25H25BrClN3O2. The first-order valence-corrected chi connectivity index (χ1v) is 11.7. The molecule has 1 aromatic heterocycles. The summed E-state index contributed by atoms with van der Waals surface area (Å²) in [7, 11) is 1.65. The highest BCUT2D eigenvalue weighted by Gasteiger charge is 2.15. The summed E-state index contributed by atoms with van der Waals surface area (Å²) in [5.74, 6) is 2.42. The van der Waals surface area contributed by atoms with E-state index in [1.54, 1.807) is 7.11 Å². The number of ether oxygens (including phenoxy) is 2. The maximum absolute atomic E-state index is 6.29. The molecule has 0 saturated heterocycles. The van der Waals surface area contributed by atoms with Crippen LogP contribution in [0.5, 0.6) is 11.5 Å². The van der Waals surface area contributed by atoms with Crippen LogP contribution in [0.3, 0.4) is 0 Å². The standard InChI is InChI=1S/C25H25BrClN3O2/c1-31-23-13-12-19(26)18(25(23)32-16-17-7-2-3-8-20(17)27)15-28-14-6-11-24-29-21-9-4-5-10-22(21)30-24/h2-5,7-10,12-13,28H,6,11,14-16H2,1H3,(H,29,30). The van der Waals surface area contributed by atoms with E-state index in [-0.39, 0.29) is 0 Å². The molecule has 1 heterocycles. The quantitative estimate of drug-likeness (QED) is 0.244. The Morgan fingerprint density at radius 1 is 1.06 bits per heavy atom. The summed E-state index contributed by atoms with van der Waals surface area (Å²) in [6, 6.07) is 19.7. The van der Waals surface area contributed by atoms with Crippen LogP contribution in [0.1, 0.15) is 23.4 Å². The Kier molecular flexibility index (Phi) is 7.68. The molecule has 32 heavy (non-hydrogen) atoms. The summed E-state index contributed by atoms with van der Waals surface area (Å²) in [4.78, 5) is 8.02. The van der Waals surface area contributed by atoms with Crippen LogP contribution in [0.2, 0.25) is 5.02 Å². The topological polar surface area (TPSA) is 59.2 Å². The Labute approximate surface area is 201 Å². The number of hydrogen-bond acceptors (Lipinski definition) is 4. The van der Waals surface area contributed by atoms with Crippen molar-refractivity contribution in [2.75, 3.05) is 13.7 Å². The SMILES string of the molecule is COc1ccc(Br)c(CNCCCc2nc3ccccc3[nH]2)c1OCc1ccccc1Cl. The molecule has 0 amide bonds. The first kappa shape index (κ1) is 22.6. The van der Waals surface area contributed by atoms with Crippen LogP contribution >= 0.6 is 27.5 Å². The van der Waals surface area contributed by atoms with Gasteiger partial charge in [-0.05, 0) is 43.3 Å². The number of para-hydroxylation sites is 2. The summed E-state index contributed by atoms with van der Waals surface area (Å²) in [5, 5.41) is 4.20. The van der Waals surface area contributed by atoms with E-state index in [9.17, 15) is 0 Å². The lowest BCUT2D eigenvalue weighted by Gasteiger charge is -2.17. The molecule has 2 N–H and O–H groups in total. The van der Waals surface area contributed by atoms with Crippen molar-refractivity contribution in [3.05, 3.63) is 87.1 Å². The molecule has 7 heteroatoms. The number of methoxy groups -OCH3 is 1. The van der Waals surface area contributed by atoms with E-state index in [2.05, 4.69) is 37.3 Å². The highest BCUT2D eigenvalue weighted by molar-refractivity contribution is 9.10. The molecule has 166 valence electrons. The van der Waals surface area contributed by atoms with Gasteiger partial charge in [0.15, 0.2) is 11.5 Å². The summed E-state index contributed by atoms with van der Waals surface area (Å²) < 4.78 is 12.7. The molecule has 0 atom stereocenters. The number of hydrogen-bond donors (Lipinski definition) is 2. The number of nitrogens with one attached hydrogen (secondary N) is 2. The maximum atomic E-state index is 6.29. The number of fused-ring (bicyclic) bond motifs is 1. The zero-order chi connectivity index (χ0) is 22.3. The van der Waals surface area contributed by atoms with Crippen molar-refractivity contribution in [3.8, 4) is 11.5 Å². The number of nitrogens with zero attached hydrogens (tertiary/aromatic N) is 1. The minimum Gasteiger partial charge on any atom is -0.493 e. The van der Waals surface area contributed by atoms with Gasteiger partial charge < -0.3 is 19.8 Å². The number of aromatic amines is 1. The molecule has 3 aromatic carbocycles. The Hall–Kier alpha value is -2.54. The second-order valence-electron chi connectivity index (χ2n) is 7.42. The lowest BCUT2D eigenvalue weighted by Crippen LogP contribution is -2.17. The molecule has 4 aromatic rings. The zero-order valence-corrected chi connectivity index (χ0v) is 20.2. The number of benzene rings is 3. The van der Waals surface area contributed by atoms with E-state index in [1.165, 1.54) is 0 Å². The molecule has 4 rings (SSSR count). The van der Waals surface area contributed by atoms with Crippen molar-refractivity contribution in [1.82, 2.24) is 15.3 Å². The van der Waals surface area contributed by atoms with Crippen LogP contribution in [0.4, 0.5) is 0 Å². The molecule has 0 unspecified atom stereocenters. The molecular weight excluding hydrogens is 490 g/mol. The molecule has 0 saturated carbocycles. The zero-order valence-electron chi connectivity index (χ0n) is 17.8. The third-order valence-electron chi connectivity index (χ3n) is 5.22. The van der Waals surface area contributed by atoms with Gasteiger partial charge in [-0.15, -0.1) is 0 Å². The van der Waals surface area contributed by atoms with Crippen molar-refractivity contribution < 1.29 is 9.47 Å². The van der Waals surface area contributed by atoms with E-state index < -0.39 is 0 Å². The van der Waals surface area contributed by atoms with Gasteiger partial charge in [0.2, 0.25) is 0 Å². The fourth-order valence-electron chi connectivity index (χ4n) is 3.55. The normalized spacial score (nSPS) is 11.1. The largest absolute Gasteiger partial charge is 0.493 e. The van der Waals surface area contributed by atoms with Crippen molar-refractivity contribution >= 4 is 38.6 Å². The Morgan fingerprint density at radius 3 is 2.69 bits per heavy atom. The summed E-state index contributed by atoms with van der Waals surface area (Å²) in [5.41, 5.74) is 4.04. The highest BCUT2D eigenvalue weighted by Crippen LogP contribution is 2.37. The molecule has 5 nitrogen and oxygen atoms in total. The minimum atomic E-state index is 0.367. The van der Waals surface area contributed by atoms with Crippen LogP contribution in [0, 0.1) is 0 Å². The van der Waals surface area contributed by atoms with Crippen molar-refractivity contribution in [2.24, 2.45) is 0 Å². The van der Waals surface area contributed by atoms with Gasteiger partial charge in [-0.2, -0.15) is 0 Å². The van der Waals surface area contributed by atoms with E-state index >= 15 is 0 Å². The van der Waals surface area contributed by atoms with Crippen LogP contribution in [0.25, 0.3) is 11.0 Å². The van der Waals surface area contributed by atoms with Gasteiger partial charge in [0, 0.05) is 33.6 Å². The van der Waals surface area contributed by atoms with Gasteiger partial charge in [0.05, 0.1) is 18.1 Å². The second kappa shape index (κ2) is 10.9. The predicted molar refractivity (Wildman–Crippen MR) is 133 cm³/mol. The summed E-state index contributed by atoms with van der Waals surface area (Å²) >= 11 is 9.95. The van der Waals surface area contributed by atoms with Gasteiger partial charge in [0.25, 0.3) is 0 Å². The summed E-state index contributed by atoms with van der Waals surface area (Å²) in [6.07, 6.45) is 1.86. The fourth-order valence-corrected chi connectivity index (χ4v) is 4.19. The average Bonchev–Trinajstić information content (AvgIpc) is 3.22. The molecule has 0 fully saturated rings. The monoisotopic (exact) mass is 513 g/mol. The molecule has 0 aliphatic rings. The summed E-state index contributed by atoms with van der Waals surface area (Å²) in [6.45, 7) is 1.87. The van der Waals surface area contributed by atoms with Gasteiger partial charge >= 0.3 is 0 Å². The van der Waals surface area contributed by atoms with Gasteiger partial charge in [-0.1, -0.05) is 57.9 Å². The van der Waals surface area contributed by atoms with E-state index in [0.717, 1.165) is 51.8 Å². The van der Waals surface area contributed by atoms with Gasteiger partial charge in [-0.3, -0.25) is 0 Å². The van der Waals surface area contributed by atoms with Gasteiger partial charge in [0.1, 0.15) is 12.4 Å². The first-order valence-electron chi connectivity index (χ1n) is 10.5. The third-order valence-corrected chi connectivity index (χ3v) is 6.34. The Bertz CT molecular complexity index is 1160. The van der Waals surface area contributed by atoms with Crippen molar-refractivity contribution in [1.29, 1.82) is 0 Å². The Morgan fingerprint density at radius 2 is 1.88 bits per heavy atom. The van der Waals surface area contributed by atoms with Crippen LogP contribution in [-0.4, -0.2) is 23.6 Å². The van der Waals surface area contributed by atoms with Crippen LogP contribution in [0.15, 0.2) is 65.1 Å². The highest BCUT2D eigenvalue weighted by atomic mass is 79.9. The first-order chi connectivity index (χ1) is 15.7. The van der Waals surface area contributed by atoms with Crippen molar-refractivity contribution in [2.45, 2.75) is 26.0 Å². The average molecular weight is 515 g/mol. The smallest absolute Gasteiger partial charge is 0.167 e. The molecule has 0 bridgehead atoms. The molecule has 0 radical (unpaired) electrons. The van der Waals surface area contributed by atoms with E-state index in [4.69, 9.17) is 21.1 Å². The van der Waals surface area contributed by atoms with Crippen molar-refractivity contribution in [3.63, 3.8) is 0 Å². The fraction of sp³-hybridized carbons (Fsp3) is 0.240. The lowest BCUT2D eigenvalue weighted by molar-refractivity contribution is 0.280. The van der Waals surface area contributed by atoms with Crippen LogP contribution < -0.4 is 14.8 Å². The number of rotatable bonds is 10. The third kappa shape index (κ3) is 5.44. The minimum absolute atomic E-state index is 0.367. The molecule has 0 aliphatic heterocycles. The molecule has 0 aliphatic carbocycles. The number of halogens is 2.